The summed E-state index contributed by atoms with van der Waals surface area (Å²) in [5, 5.41) is 31.4. The molecule has 0 aromatic heterocycles. The van der Waals surface area contributed by atoms with Crippen molar-refractivity contribution in [2.24, 2.45) is 28.3 Å². The van der Waals surface area contributed by atoms with E-state index >= 15 is 0 Å². The number of rotatable bonds is 29. The average molecular weight is 1710 g/mol. The topological polar surface area (TPSA) is 273 Å². The van der Waals surface area contributed by atoms with Gasteiger partial charge in [0.15, 0.2) is 5.96 Å². The molecule has 20 nitrogen and oxygen atoms in total. The fourth-order valence-electron chi connectivity index (χ4n) is 18.4. The third-order valence-electron chi connectivity index (χ3n) is 25.4. The highest BCUT2D eigenvalue weighted by Crippen LogP contribution is 2.33. The Bertz CT molecular complexity index is 5280. The van der Waals surface area contributed by atoms with Gasteiger partial charge in [-0.05, 0) is 205 Å². The van der Waals surface area contributed by atoms with Crippen molar-refractivity contribution in [3.05, 3.63) is 353 Å². The highest BCUT2D eigenvalue weighted by molar-refractivity contribution is 6.00. The Kier molecular flexibility index (Phi) is 33.3. The maximum atomic E-state index is 14.2. The lowest BCUT2D eigenvalue weighted by molar-refractivity contribution is -0.135. The van der Waals surface area contributed by atoms with Crippen molar-refractivity contribution in [2.45, 2.75) is 118 Å². The summed E-state index contributed by atoms with van der Waals surface area (Å²) in [6.45, 7) is 9.28. The molecule has 5 heterocycles. The van der Waals surface area contributed by atoms with Gasteiger partial charge in [-0.3, -0.25) is 33.8 Å². The Labute approximate surface area is 746 Å². The van der Waals surface area contributed by atoms with E-state index in [4.69, 9.17) is 11.5 Å². The van der Waals surface area contributed by atoms with Crippen molar-refractivity contribution in [1.82, 2.24) is 57.2 Å². The standard InChI is InChI=1S/C37H42N4O2.C36H40N4O2.C33H39FN6O2/c42-36(32-16-15-28-9-7-8-14-31(28)24-32)39-25-33-19-22-41(37(43)35(40-33)23-27-17-20-38-21-18-27)26-34(29-10-3-1-4-11-29)30-12-5-2-6-13-30;41-35(31-16-15-26-9-7-8-14-30(26)23-31)38-24-32-19-22-40(36(42)34(39-32)29-17-20-37-21-18-29)25-33(27-10-3-1-4-11-27)28-12-5-2-6-13-28;34-27-16-13-24(14-17-27)15-18-31(41)38-22-28-19-21-40(32(42)30(39-28)12-7-20-37-33(35)36)23-29(25-8-3-1-4-9-25)26-10-5-2-6-11-26/h1-16,24,27,33-35,38,40H,17-23,25-26H2,(H,39,42);1-16,23,29,32-34,37,39H,17-22,24-25H2,(H,38,41);1-6,8-11,13-18,28-30,39H,7,12,19-23H2,(H,38,41)(H4,35,36,37)/b;;18-15+/t;;28-,30-/m..0/s1. The number of nitrogens with one attached hydrogen (secondary N) is 8. The van der Waals surface area contributed by atoms with E-state index in [2.05, 4.69) is 191 Å². The van der Waals surface area contributed by atoms with Crippen LogP contribution in [0.5, 0.6) is 0 Å². The third kappa shape index (κ3) is 26.3. The Hall–Kier alpha value is -12.5. The lowest BCUT2D eigenvalue weighted by Gasteiger charge is -2.34. The van der Waals surface area contributed by atoms with Crippen molar-refractivity contribution in [2.75, 3.05) is 91.6 Å². The van der Waals surface area contributed by atoms with Crippen LogP contribution in [0.15, 0.2) is 302 Å². The zero-order valence-corrected chi connectivity index (χ0v) is 72.5. The molecule has 0 radical (unpaired) electrons. The molecule has 5 aliphatic heterocycles. The first-order valence-electron chi connectivity index (χ1n) is 45.3. The van der Waals surface area contributed by atoms with Crippen LogP contribution in [0.4, 0.5) is 4.39 Å². The summed E-state index contributed by atoms with van der Waals surface area (Å²) in [6, 6.07) is 95.2. The predicted octanol–water partition coefficient (Wildman–Crippen LogP) is 13.7. The van der Waals surface area contributed by atoms with E-state index in [1.165, 1.54) is 40.5 Å². The second-order valence-electron chi connectivity index (χ2n) is 34.2. The number of amides is 6. The molecule has 6 amide bonds. The highest BCUT2D eigenvalue weighted by atomic mass is 19.1. The molecule has 0 spiro atoms. The van der Waals surface area contributed by atoms with Crippen molar-refractivity contribution >= 4 is 69.0 Å². The fraction of sp³-hybridized carbons (Fsp3) is 0.330. The first kappa shape index (κ1) is 90.7. The summed E-state index contributed by atoms with van der Waals surface area (Å²) in [5.41, 5.74) is 20.2. The van der Waals surface area contributed by atoms with Crippen LogP contribution >= 0.6 is 0 Å². The Morgan fingerprint density at radius 2 is 0.787 bits per heavy atom. The maximum absolute atomic E-state index is 14.2. The molecule has 4 unspecified atom stereocenters. The minimum absolute atomic E-state index is 0.00939. The van der Waals surface area contributed by atoms with Crippen LogP contribution in [-0.2, 0) is 19.2 Å². The largest absolute Gasteiger partial charge is 0.370 e. The van der Waals surface area contributed by atoms with Gasteiger partial charge in [-0.2, -0.15) is 0 Å². The van der Waals surface area contributed by atoms with Gasteiger partial charge in [-0.1, -0.05) is 255 Å². The molecule has 16 rings (SSSR count). The molecule has 12 N–H and O–H groups in total. The van der Waals surface area contributed by atoms with E-state index in [-0.39, 0.29) is 101 Å². The average Bonchev–Trinajstić information content (AvgIpc) is 1.76. The van der Waals surface area contributed by atoms with E-state index in [0.29, 0.717) is 102 Å². The highest BCUT2D eigenvalue weighted by Gasteiger charge is 2.40. The molecule has 0 aliphatic carbocycles. The second kappa shape index (κ2) is 46.6. The van der Waals surface area contributed by atoms with Crippen LogP contribution in [0, 0.1) is 17.7 Å². The molecule has 6 atom stereocenters. The zero-order chi connectivity index (χ0) is 87.9. The molecule has 5 aliphatic rings. The van der Waals surface area contributed by atoms with Crippen LogP contribution in [0.2, 0.25) is 0 Å². The molecule has 11 aromatic carbocycles. The van der Waals surface area contributed by atoms with E-state index < -0.39 is 6.04 Å². The molecule has 127 heavy (non-hydrogen) atoms. The van der Waals surface area contributed by atoms with Crippen LogP contribution in [0.1, 0.15) is 142 Å². The van der Waals surface area contributed by atoms with Gasteiger partial charge in [0.25, 0.3) is 11.8 Å². The van der Waals surface area contributed by atoms with Crippen LogP contribution < -0.4 is 54.0 Å². The van der Waals surface area contributed by atoms with Crippen molar-refractivity contribution in [3.63, 3.8) is 0 Å². The lowest BCUT2D eigenvalue weighted by Crippen LogP contribution is -2.54. The van der Waals surface area contributed by atoms with Gasteiger partial charge in [-0.15, -0.1) is 0 Å². The quantitative estimate of drug-likeness (QED) is 0.00905. The zero-order valence-electron chi connectivity index (χ0n) is 72.5. The van der Waals surface area contributed by atoms with Gasteiger partial charge < -0.3 is 68.7 Å². The molecular weight excluding hydrogens is 1580 g/mol. The fourth-order valence-corrected chi connectivity index (χ4v) is 18.4. The summed E-state index contributed by atoms with van der Waals surface area (Å²) in [7, 11) is 0. The van der Waals surface area contributed by atoms with Crippen molar-refractivity contribution in [3.8, 4) is 0 Å². The summed E-state index contributed by atoms with van der Waals surface area (Å²) >= 11 is 0. The Morgan fingerprint density at radius 1 is 0.417 bits per heavy atom. The summed E-state index contributed by atoms with van der Waals surface area (Å²) < 4.78 is 13.2. The number of nitrogens with zero attached hydrogens (tertiary/aromatic N) is 4. The van der Waals surface area contributed by atoms with Crippen LogP contribution in [0.3, 0.4) is 0 Å². The van der Waals surface area contributed by atoms with Gasteiger partial charge in [-0.25, -0.2) is 4.39 Å². The molecular formula is C106H121FN14O6. The smallest absolute Gasteiger partial charge is 0.251 e. The molecule has 11 aromatic rings. The molecule has 0 bridgehead atoms. The first-order chi connectivity index (χ1) is 62.2. The molecule has 658 valence electrons. The molecule has 5 fully saturated rings. The number of piperidine rings is 2. The van der Waals surface area contributed by atoms with E-state index in [1.807, 2.05) is 138 Å². The number of aliphatic imine (C=N–C) groups is 1. The normalized spacial score (nSPS) is 19.1. The number of carbonyl (C=O) groups is 6. The maximum Gasteiger partial charge on any atom is 0.251 e. The number of guanidine groups is 1. The Morgan fingerprint density at radius 3 is 1.21 bits per heavy atom. The molecule has 5 saturated heterocycles. The van der Waals surface area contributed by atoms with Crippen molar-refractivity contribution in [1.29, 1.82) is 0 Å². The minimum atomic E-state index is -0.439. The number of hydrogen-bond acceptors (Lipinski definition) is 12. The SMILES string of the molecule is NC(N)=NCCC[C@@H]1N[C@H](CNC(=O)/C=C/c2ccc(F)cc2)CCN(CC(c2ccccc2)c2ccccc2)C1=O.O=C(NCC1CCN(CC(c2ccccc2)c2ccccc2)C(=O)C(C2CCNCC2)N1)c1ccc2ccccc2c1.O=C(NCC1CCN(CC(c2ccccc2)c2ccccc2)C(=O)C(CC2CCNCC2)N1)c1ccc2ccccc2c1. The summed E-state index contributed by atoms with van der Waals surface area (Å²) in [6.07, 6.45) is 11.4. The molecule has 21 heteroatoms. The summed E-state index contributed by atoms with van der Waals surface area (Å²) in [4.78, 5) is 91.4. The van der Waals surface area contributed by atoms with Gasteiger partial charge >= 0.3 is 0 Å². The number of fused-ring (bicyclic) bond motifs is 2. The predicted molar refractivity (Wildman–Crippen MR) is 507 cm³/mol. The Balaban J connectivity index is 0.000000154. The number of carbonyl (C=O) groups excluding carboxylic acids is 6. The first-order valence-corrected chi connectivity index (χ1v) is 45.3. The van der Waals surface area contributed by atoms with Crippen molar-refractivity contribution < 1.29 is 33.2 Å². The van der Waals surface area contributed by atoms with E-state index in [9.17, 15) is 33.2 Å². The summed E-state index contributed by atoms with van der Waals surface area (Å²) in [5.74, 6) is 0.652. The number of nitrogens with two attached hydrogens (primary N) is 2. The third-order valence-corrected chi connectivity index (χ3v) is 25.4. The van der Waals surface area contributed by atoms with E-state index in [1.54, 1.807) is 18.2 Å². The second-order valence-corrected chi connectivity index (χ2v) is 34.2. The monoisotopic (exact) mass is 1700 g/mol. The van der Waals surface area contributed by atoms with Gasteiger partial charge in [0.1, 0.15) is 5.82 Å². The van der Waals surface area contributed by atoms with E-state index in [0.717, 1.165) is 109 Å². The minimum Gasteiger partial charge on any atom is -0.370 e. The van der Waals surface area contributed by atoms with Gasteiger partial charge in [0, 0.05) is 119 Å². The van der Waals surface area contributed by atoms with Crippen LogP contribution in [0.25, 0.3) is 27.6 Å². The molecule has 0 saturated carbocycles. The van der Waals surface area contributed by atoms with Gasteiger partial charge in [0.05, 0.1) is 18.1 Å². The van der Waals surface area contributed by atoms with Crippen LogP contribution in [-0.4, -0.2) is 184 Å². The lowest BCUT2D eigenvalue weighted by atomic mass is 9.88. The van der Waals surface area contributed by atoms with Gasteiger partial charge in [0.2, 0.25) is 23.6 Å². The number of benzene rings is 11. The number of hydrogen-bond donors (Lipinski definition) is 10. The number of halogens is 1.